The van der Waals surface area contributed by atoms with Gasteiger partial charge in [0.05, 0.1) is 13.2 Å². The van der Waals surface area contributed by atoms with E-state index in [0.29, 0.717) is 12.8 Å². The highest BCUT2D eigenvalue weighted by atomic mass is 31.2. The molecule has 0 aliphatic heterocycles. The third kappa shape index (κ3) is 54.0. The maximum absolute atomic E-state index is 12.7. The first-order valence-corrected chi connectivity index (χ1v) is 29.4. The fourth-order valence-corrected chi connectivity index (χ4v) is 8.06. The lowest BCUT2D eigenvalue weighted by Crippen LogP contribution is -2.29. The van der Waals surface area contributed by atoms with Crippen molar-refractivity contribution in [3.8, 4) is 0 Å². The van der Waals surface area contributed by atoms with Crippen LogP contribution < -0.4 is 5.73 Å². The van der Waals surface area contributed by atoms with Crippen molar-refractivity contribution in [2.45, 2.75) is 232 Å². The lowest BCUT2D eigenvalue weighted by Gasteiger charge is -2.19. The van der Waals surface area contributed by atoms with Gasteiger partial charge in [0.1, 0.15) is 6.61 Å². The summed E-state index contributed by atoms with van der Waals surface area (Å²) in [6, 6.07) is 0. The highest BCUT2D eigenvalue weighted by Crippen LogP contribution is 2.43. The molecule has 10 heteroatoms. The van der Waals surface area contributed by atoms with Crippen molar-refractivity contribution in [3.63, 3.8) is 0 Å². The number of hydrogen-bond donors (Lipinski definition) is 2. The second-order valence-corrected chi connectivity index (χ2v) is 19.5. The van der Waals surface area contributed by atoms with Crippen LogP contribution in [0.1, 0.15) is 226 Å². The number of phosphoric acid groups is 1. The molecule has 0 radical (unpaired) electrons. The number of carbonyl (C=O) groups excluding carboxylic acids is 2. The zero-order chi connectivity index (χ0) is 51.0. The van der Waals surface area contributed by atoms with Gasteiger partial charge >= 0.3 is 19.8 Å². The lowest BCUT2D eigenvalue weighted by molar-refractivity contribution is -0.161. The molecule has 0 aromatic heterocycles. The highest BCUT2D eigenvalue weighted by molar-refractivity contribution is 7.47. The first kappa shape index (κ1) is 66.7. The van der Waals surface area contributed by atoms with E-state index in [2.05, 4.69) is 123 Å². The molecule has 0 rings (SSSR count). The van der Waals surface area contributed by atoms with E-state index in [-0.39, 0.29) is 32.6 Å². The molecule has 0 aromatic carbocycles. The second kappa shape index (κ2) is 55.0. The molecule has 0 saturated carbocycles. The van der Waals surface area contributed by atoms with E-state index in [1.165, 1.54) is 77.0 Å². The molecular weight excluding hydrogens is 894 g/mol. The van der Waals surface area contributed by atoms with Crippen molar-refractivity contribution in [2.75, 3.05) is 26.4 Å². The van der Waals surface area contributed by atoms with E-state index < -0.39 is 32.5 Å². The largest absolute Gasteiger partial charge is 0.472 e. The van der Waals surface area contributed by atoms with Gasteiger partial charge in [0, 0.05) is 19.4 Å². The van der Waals surface area contributed by atoms with E-state index in [1.54, 1.807) is 0 Å². The van der Waals surface area contributed by atoms with E-state index in [1.807, 2.05) is 0 Å². The Morgan fingerprint density at radius 1 is 0.443 bits per heavy atom. The Morgan fingerprint density at radius 2 is 0.786 bits per heavy atom. The minimum atomic E-state index is -4.39. The van der Waals surface area contributed by atoms with Gasteiger partial charge in [-0.15, -0.1) is 0 Å². The predicted octanol–water partition coefficient (Wildman–Crippen LogP) is 17.5. The molecule has 0 saturated heterocycles. The monoisotopic (exact) mass is 996 g/mol. The van der Waals surface area contributed by atoms with Crippen molar-refractivity contribution >= 4 is 19.8 Å². The van der Waals surface area contributed by atoms with Crippen LogP contribution in [0.25, 0.3) is 0 Å². The number of carbonyl (C=O) groups is 2. The number of allylic oxidation sites excluding steroid dienone is 18. The van der Waals surface area contributed by atoms with Crippen LogP contribution >= 0.6 is 7.82 Å². The van der Waals surface area contributed by atoms with E-state index >= 15 is 0 Å². The molecule has 2 atom stereocenters. The normalized spacial score (nSPS) is 13.9. The zero-order valence-corrected chi connectivity index (χ0v) is 45.4. The molecule has 0 bridgehead atoms. The average molecular weight is 996 g/mol. The molecule has 400 valence electrons. The summed E-state index contributed by atoms with van der Waals surface area (Å²) in [4.78, 5) is 35.1. The van der Waals surface area contributed by atoms with Gasteiger partial charge in [0.15, 0.2) is 6.10 Å². The van der Waals surface area contributed by atoms with Gasteiger partial charge in [0.2, 0.25) is 0 Å². The summed E-state index contributed by atoms with van der Waals surface area (Å²) in [6.07, 6.45) is 74.2. The molecule has 0 aliphatic carbocycles. The van der Waals surface area contributed by atoms with E-state index in [9.17, 15) is 19.0 Å². The van der Waals surface area contributed by atoms with Crippen LogP contribution in [0.3, 0.4) is 0 Å². The molecule has 0 heterocycles. The SMILES string of the molecule is CC/C=C\C/C=C\C/C=C\C/C=C\C/C=C\C/C=C\C/C=C\CCCCCCCCCCCCCC(=O)OC(COC(=O)CCCCCCC/C=C\C/C=C\CCCCCC)COP(=O)(O)OCCN. The Morgan fingerprint density at radius 3 is 1.17 bits per heavy atom. The first-order chi connectivity index (χ1) is 34.3. The molecule has 3 N–H and O–H groups in total. The summed E-state index contributed by atoms with van der Waals surface area (Å²) in [5.74, 6) is -0.852. The third-order valence-electron chi connectivity index (χ3n) is 11.4. The summed E-state index contributed by atoms with van der Waals surface area (Å²) >= 11 is 0. The minimum absolute atomic E-state index is 0.0461. The van der Waals surface area contributed by atoms with Gasteiger partial charge in [-0.25, -0.2) is 4.57 Å². The Kier molecular flexibility index (Phi) is 52.4. The standard InChI is InChI=1S/C60H102NO8P/c1-3-5-7-9-11-13-15-17-19-21-22-23-24-25-26-27-28-29-30-31-32-33-34-35-36-37-39-41-43-45-47-49-51-53-60(63)69-58(57-68-70(64,65)67-55-54-61)56-66-59(62)52-50-48-46-44-42-40-38-20-18-16-14-12-10-8-6-4-2/h5,7,11,13-14,16-17,19-20,22-23,25-26,28-29,31-32,38,58H,3-4,6,8-10,12,15,18,21,24,27,30,33-37,39-57,61H2,1-2H3,(H,64,65)/b7-5-,13-11-,16-14-,19-17-,23-22-,26-25-,29-28-,32-31-,38-20-. The average Bonchev–Trinajstić information content (AvgIpc) is 3.35. The molecule has 0 amide bonds. The fraction of sp³-hybridized carbons (Fsp3) is 0.667. The fourth-order valence-electron chi connectivity index (χ4n) is 7.29. The van der Waals surface area contributed by atoms with Crippen molar-refractivity contribution in [2.24, 2.45) is 5.73 Å². The van der Waals surface area contributed by atoms with Gasteiger partial charge in [-0.2, -0.15) is 0 Å². The van der Waals surface area contributed by atoms with Crippen LogP contribution in [0.15, 0.2) is 109 Å². The summed E-state index contributed by atoms with van der Waals surface area (Å²) in [7, 11) is -4.39. The molecule has 0 aliphatic rings. The maximum Gasteiger partial charge on any atom is 0.472 e. The van der Waals surface area contributed by atoms with Gasteiger partial charge in [-0.1, -0.05) is 220 Å². The van der Waals surface area contributed by atoms with Crippen LogP contribution in [-0.2, 0) is 32.7 Å². The topological polar surface area (TPSA) is 134 Å². The maximum atomic E-state index is 12.7. The predicted molar refractivity (Wildman–Crippen MR) is 298 cm³/mol. The molecular formula is C60H102NO8P. The van der Waals surface area contributed by atoms with Crippen LogP contribution in [0.5, 0.6) is 0 Å². The molecule has 70 heavy (non-hydrogen) atoms. The first-order valence-electron chi connectivity index (χ1n) is 27.9. The Bertz CT molecular complexity index is 1510. The summed E-state index contributed by atoms with van der Waals surface area (Å²) in [5.41, 5.74) is 5.37. The minimum Gasteiger partial charge on any atom is -0.462 e. The van der Waals surface area contributed by atoms with Gasteiger partial charge in [-0.3, -0.25) is 18.6 Å². The van der Waals surface area contributed by atoms with E-state index in [4.69, 9.17) is 24.3 Å². The molecule has 9 nitrogen and oxygen atoms in total. The van der Waals surface area contributed by atoms with Crippen LogP contribution in [-0.4, -0.2) is 49.3 Å². The van der Waals surface area contributed by atoms with Gasteiger partial charge < -0.3 is 20.1 Å². The zero-order valence-electron chi connectivity index (χ0n) is 44.5. The number of rotatable bonds is 51. The second-order valence-electron chi connectivity index (χ2n) is 18.1. The summed E-state index contributed by atoms with van der Waals surface area (Å²) in [6.45, 7) is 3.58. The quantitative estimate of drug-likeness (QED) is 0.0264. The number of unbranched alkanes of at least 4 members (excludes halogenated alkanes) is 20. The lowest BCUT2D eigenvalue weighted by atomic mass is 10.0. The number of hydrogen-bond acceptors (Lipinski definition) is 8. The third-order valence-corrected chi connectivity index (χ3v) is 12.4. The van der Waals surface area contributed by atoms with E-state index in [0.717, 1.165) is 109 Å². The highest BCUT2D eigenvalue weighted by Gasteiger charge is 2.26. The van der Waals surface area contributed by atoms with Crippen LogP contribution in [0.4, 0.5) is 0 Å². The summed E-state index contributed by atoms with van der Waals surface area (Å²) in [5, 5.41) is 0. The van der Waals surface area contributed by atoms with Crippen LogP contribution in [0.2, 0.25) is 0 Å². The Labute approximate surface area is 429 Å². The molecule has 0 aromatic rings. The van der Waals surface area contributed by atoms with Crippen molar-refractivity contribution < 1.29 is 37.6 Å². The Balaban J connectivity index is 4.01. The van der Waals surface area contributed by atoms with Crippen LogP contribution in [0, 0.1) is 0 Å². The number of ether oxygens (including phenoxy) is 2. The number of nitrogens with two attached hydrogens (primary N) is 1. The van der Waals surface area contributed by atoms with Crippen molar-refractivity contribution in [1.82, 2.24) is 0 Å². The molecule has 2 unspecified atom stereocenters. The van der Waals surface area contributed by atoms with Gasteiger partial charge in [-0.05, 0) is 103 Å². The van der Waals surface area contributed by atoms with Crippen molar-refractivity contribution in [1.29, 1.82) is 0 Å². The van der Waals surface area contributed by atoms with Gasteiger partial charge in [0.25, 0.3) is 0 Å². The summed E-state index contributed by atoms with van der Waals surface area (Å²) < 4.78 is 33.0. The Hall–Kier alpha value is -3.33. The molecule has 0 spiro atoms. The number of esters is 2. The number of phosphoric ester groups is 1. The van der Waals surface area contributed by atoms with Crippen molar-refractivity contribution in [3.05, 3.63) is 109 Å². The smallest absolute Gasteiger partial charge is 0.462 e. The molecule has 0 fully saturated rings.